The Morgan fingerprint density at radius 1 is 1.10 bits per heavy atom. The Balaban J connectivity index is 2.31. The summed E-state index contributed by atoms with van der Waals surface area (Å²) in [6.45, 7) is 1.71. The summed E-state index contributed by atoms with van der Waals surface area (Å²) in [7, 11) is 0. The van der Waals surface area contributed by atoms with E-state index >= 15 is 0 Å². The lowest BCUT2D eigenvalue weighted by Crippen LogP contribution is -2.16. The number of benzene rings is 2. The number of ether oxygens (including phenoxy) is 1. The predicted molar refractivity (Wildman–Crippen MR) is 78.3 cm³/mol. The first kappa shape index (κ1) is 14.3. The summed E-state index contributed by atoms with van der Waals surface area (Å²) in [5, 5.41) is 8.72. The molecule has 0 bridgehead atoms. The molecule has 3 heteroatoms. The zero-order chi connectivity index (χ0) is 14.4. The van der Waals surface area contributed by atoms with E-state index in [2.05, 4.69) is 0 Å². The fraction of sp³-hybridized carbons (Fsp3) is 0.235. The first-order valence-corrected chi connectivity index (χ1v) is 6.66. The van der Waals surface area contributed by atoms with Crippen molar-refractivity contribution in [1.82, 2.24) is 0 Å². The van der Waals surface area contributed by atoms with E-state index in [9.17, 15) is 4.79 Å². The van der Waals surface area contributed by atoms with Crippen LogP contribution in [0.25, 0.3) is 11.1 Å². The van der Waals surface area contributed by atoms with Crippen LogP contribution in [0.15, 0.2) is 54.6 Å². The van der Waals surface area contributed by atoms with Crippen molar-refractivity contribution in [3.63, 3.8) is 0 Å². The van der Waals surface area contributed by atoms with Gasteiger partial charge in [0.25, 0.3) is 0 Å². The Morgan fingerprint density at radius 3 is 2.45 bits per heavy atom. The highest BCUT2D eigenvalue weighted by Crippen LogP contribution is 2.29. The van der Waals surface area contributed by atoms with Gasteiger partial charge in [-0.25, -0.2) is 0 Å². The fourth-order valence-electron chi connectivity index (χ4n) is 2.15. The van der Waals surface area contributed by atoms with Crippen LogP contribution in [0.2, 0.25) is 0 Å². The number of hydrogen-bond acceptors (Lipinski definition) is 3. The molecule has 0 radical (unpaired) electrons. The molecule has 1 atom stereocenters. The van der Waals surface area contributed by atoms with Crippen molar-refractivity contribution < 1.29 is 14.6 Å². The summed E-state index contributed by atoms with van der Waals surface area (Å²) >= 11 is 0. The van der Waals surface area contributed by atoms with Crippen LogP contribution >= 0.6 is 0 Å². The summed E-state index contributed by atoms with van der Waals surface area (Å²) in [5.74, 6) is -0.680. The van der Waals surface area contributed by atoms with Crippen molar-refractivity contribution >= 4 is 5.97 Å². The molecule has 0 aliphatic rings. The molecule has 20 heavy (non-hydrogen) atoms. The van der Waals surface area contributed by atoms with Crippen molar-refractivity contribution in [1.29, 1.82) is 0 Å². The second kappa shape index (κ2) is 6.87. The van der Waals surface area contributed by atoms with E-state index in [-0.39, 0.29) is 25.1 Å². The number of aliphatic hydroxyl groups excluding tert-OH is 1. The Kier molecular flexibility index (Phi) is 4.91. The highest BCUT2D eigenvalue weighted by Gasteiger charge is 2.19. The van der Waals surface area contributed by atoms with Gasteiger partial charge in [-0.15, -0.1) is 0 Å². The number of carbonyl (C=O) groups is 1. The van der Waals surface area contributed by atoms with Gasteiger partial charge in [-0.3, -0.25) is 4.79 Å². The maximum Gasteiger partial charge on any atom is 0.313 e. The molecule has 3 nitrogen and oxygen atoms in total. The van der Waals surface area contributed by atoms with Gasteiger partial charge in [0, 0.05) is 0 Å². The van der Waals surface area contributed by atoms with Crippen molar-refractivity contribution in [3.8, 4) is 11.1 Å². The van der Waals surface area contributed by atoms with Crippen molar-refractivity contribution in [2.45, 2.75) is 12.8 Å². The molecule has 1 N–H and O–H groups in total. The summed E-state index contributed by atoms with van der Waals surface area (Å²) < 4.78 is 5.01. The monoisotopic (exact) mass is 270 g/mol. The summed E-state index contributed by atoms with van der Waals surface area (Å²) in [6, 6.07) is 17.8. The van der Waals surface area contributed by atoms with E-state index in [4.69, 9.17) is 9.84 Å². The highest BCUT2D eigenvalue weighted by atomic mass is 16.5. The molecule has 0 fully saturated rings. The molecular formula is C17H18O3. The maximum atomic E-state index is 12.0. The minimum atomic E-state index is -0.363. The lowest BCUT2D eigenvalue weighted by atomic mass is 9.92. The van der Waals surface area contributed by atoms with Gasteiger partial charge in [0.05, 0.1) is 12.5 Å². The Labute approximate surface area is 118 Å². The number of rotatable bonds is 5. The van der Waals surface area contributed by atoms with Crippen molar-refractivity contribution in [2.75, 3.05) is 13.2 Å². The quantitative estimate of drug-likeness (QED) is 0.850. The third-order valence-electron chi connectivity index (χ3n) is 3.20. The van der Waals surface area contributed by atoms with Gasteiger partial charge >= 0.3 is 5.97 Å². The van der Waals surface area contributed by atoms with E-state index in [1.165, 1.54) is 0 Å². The van der Waals surface area contributed by atoms with Gasteiger partial charge < -0.3 is 9.84 Å². The Bertz CT molecular complexity index is 563. The van der Waals surface area contributed by atoms with Crippen LogP contribution in [0.5, 0.6) is 0 Å². The summed E-state index contributed by atoms with van der Waals surface area (Å²) in [4.78, 5) is 12.0. The number of esters is 1. The molecule has 0 heterocycles. The lowest BCUT2D eigenvalue weighted by molar-refractivity contribution is -0.146. The van der Waals surface area contributed by atoms with E-state index in [1.54, 1.807) is 0 Å². The number of aliphatic hydroxyl groups is 1. The van der Waals surface area contributed by atoms with Gasteiger partial charge in [0.2, 0.25) is 0 Å². The zero-order valence-electron chi connectivity index (χ0n) is 11.5. The molecule has 0 saturated carbocycles. The molecule has 0 spiro atoms. The minimum Gasteiger partial charge on any atom is -0.463 e. The first-order valence-electron chi connectivity index (χ1n) is 6.66. The van der Waals surface area contributed by atoms with Gasteiger partial charge in [0.15, 0.2) is 0 Å². The van der Waals surface area contributed by atoms with Crippen LogP contribution in [0, 0.1) is 0 Å². The maximum absolute atomic E-state index is 12.0. The van der Waals surface area contributed by atoms with Crippen LogP contribution in [-0.2, 0) is 9.53 Å². The minimum absolute atomic E-state index is 0.0384. The second-order valence-electron chi connectivity index (χ2n) is 4.57. The summed E-state index contributed by atoms with van der Waals surface area (Å²) in [6.07, 6.45) is 0. The molecule has 0 saturated heterocycles. The van der Waals surface area contributed by atoms with Crippen LogP contribution < -0.4 is 0 Å². The number of hydrogen-bond donors (Lipinski definition) is 1. The molecule has 104 valence electrons. The van der Waals surface area contributed by atoms with Gasteiger partial charge in [-0.1, -0.05) is 54.6 Å². The van der Waals surface area contributed by atoms with E-state index in [0.29, 0.717) is 0 Å². The Hall–Kier alpha value is -2.13. The third-order valence-corrected chi connectivity index (χ3v) is 3.20. The van der Waals surface area contributed by atoms with Gasteiger partial charge in [0.1, 0.15) is 6.61 Å². The van der Waals surface area contributed by atoms with E-state index in [1.807, 2.05) is 61.5 Å². The van der Waals surface area contributed by atoms with Gasteiger partial charge in [-0.05, 0) is 23.6 Å². The van der Waals surface area contributed by atoms with E-state index in [0.717, 1.165) is 16.7 Å². The third kappa shape index (κ3) is 3.25. The number of carbonyl (C=O) groups excluding carboxylic acids is 1. The molecule has 0 aromatic heterocycles. The fourth-order valence-corrected chi connectivity index (χ4v) is 2.15. The molecule has 0 amide bonds. The first-order chi connectivity index (χ1) is 9.74. The molecule has 2 rings (SSSR count). The molecule has 2 aromatic carbocycles. The van der Waals surface area contributed by atoms with E-state index < -0.39 is 0 Å². The zero-order valence-corrected chi connectivity index (χ0v) is 11.5. The van der Waals surface area contributed by atoms with Crippen molar-refractivity contribution in [3.05, 3.63) is 60.2 Å². The van der Waals surface area contributed by atoms with Crippen molar-refractivity contribution in [2.24, 2.45) is 0 Å². The average Bonchev–Trinajstić information content (AvgIpc) is 2.52. The largest absolute Gasteiger partial charge is 0.463 e. The van der Waals surface area contributed by atoms with Crippen LogP contribution in [0.1, 0.15) is 18.4 Å². The smallest absolute Gasteiger partial charge is 0.313 e. The molecular weight excluding hydrogens is 252 g/mol. The van der Waals surface area contributed by atoms with Crippen LogP contribution in [0.3, 0.4) is 0 Å². The second-order valence-corrected chi connectivity index (χ2v) is 4.57. The lowest BCUT2D eigenvalue weighted by Gasteiger charge is -2.15. The topological polar surface area (TPSA) is 46.5 Å². The normalized spacial score (nSPS) is 11.9. The molecule has 0 aliphatic carbocycles. The summed E-state index contributed by atoms with van der Waals surface area (Å²) in [5.41, 5.74) is 3.04. The standard InChI is InChI=1S/C17H18O3/c1-13(17(19)20-12-11-18)15-9-5-6-10-16(15)14-7-3-2-4-8-14/h2-10,13,18H,11-12H2,1H3. The average molecular weight is 270 g/mol. The molecule has 2 aromatic rings. The highest BCUT2D eigenvalue weighted by molar-refractivity contribution is 5.82. The molecule has 0 aliphatic heterocycles. The van der Waals surface area contributed by atoms with Crippen LogP contribution in [0.4, 0.5) is 0 Å². The SMILES string of the molecule is CC(C(=O)OCCO)c1ccccc1-c1ccccc1. The van der Waals surface area contributed by atoms with Crippen LogP contribution in [-0.4, -0.2) is 24.3 Å². The molecule has 1 unspecified atom stereocenters. The van der Waals surface area contributed by atoms with Gasteiger partial charge in [-0.2, -0.15) is 0 Å². The predicted octanol–water partition coefficient (Wildman–Crippen LogP) is 2.99. The Morgan fingerprint density at radius 2 is 1.75 bits per heavy atom.